The molecular formula is C38H61Cl3N8O5. The lowest BCUT2D eigenvalue weighted by Gasteiger charge is -2.27. The van der Waals surface area contributed by atoms with Gasteiger partial charge in [-0.05, 0) is 114 Å². The van der Waals surface area contributed by atoms with E-state index in [0.29, 0.717) is 46.4 Å². The number of nitrogens with two attached hydrogens (primary N) is 4. The third kappa shape index (κ3) is 17.6. The molecule has 0 heterocycles. The van der Waals surface area contributed by atoms with Gasteiger partial charge in [-0.25, -0.2) is 4.99 Å². The lowest BCUT2D eigenvalue weighted by molar-refractivity contribution is 0.149. The summed E-state index contributed by atoms with van der Waals surface area (Å²) in [6.45, 7) is 15.3. The summed E-state index contributed by atoms with van der Waals surface area (Å²) in [5.74, 6) is 0.982. The zero-order chi connectivity index (χ0) is 37.2. The molecule has 0 saturated heterocycles. The summed E-state index contributed by atoms with van der Waals surface area (Å²) in [7, 11) is 0. The fourth-order valence-corrected chi connectivity index (χ4v) is 5.03. The van der Waals surface area contributed by atoms with Gasteiger partial charge >= 0.3 is 0 Å². The maximum Gasteiger partial charge on any atom is 0.144 e. The van der Waals surface area contributed by atoms with Gasteiger partial charge in [-0.2, -0.15) is 0 Å². The normalized spacial score (nSPS) is 12.1. The fourth-order valence-electron chi connectivity index (χ4n) is 5.03. The topological polar surface area (TPSA) is 237 Å². The number of hydrogen-bond acceptors (Lipinski definition) is 12. The van der Waals surface area contributed by atoms with Crippen molar-refractivity contribution < 1.29 is 25.2 Å². The highest BCUT2D eigenvalue weighted by Crippen LogP contribution is 2.24. The summed E-state index contributed by atoms with van der Waals surface area (Å²) in [6.07, 6.45) is 3.14. The van der Waals surface area contributed by atoms with Gasteiger partial charge in [0.1, 0.15) is 24.7 Å². The second kappa shape index (κ2) is 28.1. The predicted molar refractivity (Wildman–Crippen MR) is 235 cm³/mol. The molecule has 0 spiro atoms. The molecule has 0 atom stereocenters. The third-order valence-electron chi connectivity index (χ3n) is 7.44. The number of nitrogen functional groups attached to an aromatic ring is 3. The molecule has 4 rings (SSSR count). The van der Waals surface area contributed by atoms with Gasteiger partial charge in [-0.3, -0.25) is 5.41 Å². The van der Waals surface area contributed by atoms with Crippen molar-refractivity contribution in [2.45, 2.75) is 53.6 Å². The molecule has 0 unspecified atom stereocenters. The molecule has 16 heteroatoms. The molecule has 3 aromatic carbocycles. The second-order valence-corrected chi connectivity index (χ2v) is 11.8. The number of aliphatic hydroxyl groups is 2. The van der Waals surface area contributed by atoms with E-state index in [-0.39, 0.29) is 74.8 Å². The van der Waals surface area contributed by atoms with E-state index in [4.69, 9.17) is 48.0 Å². The number of benzene rings is 3. The monoisotopic (exact) mass is 814 g/mol. The lowest BCUT2D eigenvalue weighted by Crippen LogP contribution is -2.30. The Morgan fingerprint density at radius 3 is 1.59 bits per heavy atom. The largest absolute Gasteiger partial charge is 0.489 e. The van der Waals surface area contributed by atoms with Crippen LogP contribution in [0.15, 0.2) is 95.3 Å². The Balaban J connectivity index is -0.000000765. The van der Waals surface area contributed by atoms with Gasteiger partial charge in [0.25, 0.3) is 0 Å². The van der Waals surface area contributed by atoms with Gasteiger partial charge in [0.2, 0.25) is 0 Å². The molecule has 1 aliphatic carbocycles. The van der Waals surface area contributed by atoms with Crippen molar-refractivity contribution in [1.29, 1.82) is 5.41 Å². The van der Waals surface area contributed by atoms with Crippen molar-refractivity contribution in [2.75, 3.05) is 66.5 Å². The SMILES string of the molecule is CCN(c1ccc(N)cc1)C(C)C.CCN(c1ccc(N=C2C=C(OCCO)C(N)=CC2=N)cc1)C(C)C.Cl.Cl.Cl.Nc1ccc(OCCO)c(N)c1.O. The lowest BCUT2D eigenvalue weighted by atomic mass is 10.1. The van der Waals surface area contributed by atoms with Crippen LogP contribution in [-0.2, 0) is 4.74 Å². The molecular weight excluding hydrogens is 755 g/mol. The van der Waals surface area contributed by atoms with Crippen LogP contribution in [0.5, 0.6) is 5.75 Å². The highest BCUT2D eigenvalue weighted by Gasteiger charge is 2.16. The first-order valence-corrected chi connectivity index (χ1v) is 16.8. The number of anilines is 5. The molecule has 0 radical (unpaired) electrons. The average molecular weight is 816 g/mol. The predicted octanol–water partition coefficient (Wildman–Crippen LogP) is 5.93. The van der Waals surface area contributed by atoms with Crippen LogP contribution < -0.4 is 37.5 Å². The van der Waals surface area contributed by atoms with Crippen molar-refractivity contribution in [3.8, 4) is 5.75 Å². The Kier molecular flexibility index (Phi) is 28.1. The maximum absolute atomic E-state index is 8.88. The average Bonchev–Trinajstić information content (AvgIpc) is 3.07. The van der Waals surface area contributed by atoms with Crippen LogP contribution in [0.3, 0.4) is 0 Å². The number of allylic oxidation sites excluding steroid dienone is 2. The Morgan fingerprint density at radius 1 is 0.685 bits per heavy atom. The number of nitrogens with one attached hydrogen (secondary N) is 1. The molecule has 0 bridgehead atoms. The van der Waals surface area contributed by atoms with Crippen molar-refractivity contribution in [3.63, 3.8) is 0 Å². The van der Waals surface area contributed by atoms with E-state index in [9.17, 15) is 0 Å². The first-order chi connectivity index (χ1) is 23.8. The van der Waals surface area contributed by atoms with Crippen LogP contribution in [0.2, 0.25) is 0 Å². The van der Waals surface area contributed by atoms with Gasteiger partial charge in [0.05, 0.1) is 41.7 Å². The Morgan fingerprint density at radius 2 is 1.15 bits per heavy atom. The summed E-state index contributed by atoms with van der Waals surface area (Å²) in [5.41, 5.74) is 28.7. The Hall–Kier alpha value is -4.37. The molecule has 0 amide bonds. The van der Waals surface area contributed by atoms with Gasteiger partial charge in [0, 0.05) is 54.0 Å². The minimum Gasteiger partial charge on any atom is -0.489 e. The maximum atomic E-state index is 8.88. The van der Waals surface area contributed by atoms with Crippen LogP contribution in [0.25, 0.3) is 0 Å². The van der Waals surface area contributed by atoms with E-state index in [1.807, 2.05) is 36.4 Å². The van der Waals surface area contributed by atoms with E-state index < -0.39 is 0 Å². The Bertz CT molecular complexity index is 1590. The van der Waals surface area contributed by atoms with E-state index >= 15 is 0 Å². The standard InChI is InChI=1S/C19H26N4O2.C11H18N2.C8H12N2O2.3ClH.H2O/c1-4-23(13(2)3)15-7-5-14(6-8-15)22-18-12-19(25-10-9-24)17(21)11-16(18)20;1-4-13(9(2)3)11-7-5-10(12)6-8-11;9-6-1-2-8(7(10)5-6)12-4-3-11;;;;/h5-8,11-13,20,24H,4,9-10,21H2,1-3H3;5-9H,4,12H2,1-3H3;1-2,5,11H,3-4,9-10H2;3*1H;1H2. The van der Waals surface area contributed by atoms with E-state index in [1.165, 1.54) is 11.8 Å². The highest BCUT2D eigenvalue weighted by molar-refractivity contribution is 6.50. The van der Waals surface area contributed by atoms with E-state index in [0.717, 1.165) is 30.2 Å². The van der Waals surface area contributed by atoms with Crippen LogP contribution >= 0.6 is 37.2 Å². The van der Waals surface area contributed by atoms with Gasteiger partial charge in [-0.15, -0.1) is 37.2 Å². The molecule has 13 N–H and O–H groups in total. The number of aliphatic imine (C=N–C) groups is 1. The zero-order valence-corrected chi connectivity index (χ0v) is 34.4. The Labute approximate surface area is 339 Å². The molecule has 0 aliphatic heterocycles. The van der Waals surface area contributed by atoms with Crippen LogP contribution in [0, 0.1) is 5.41 Å². The first-order valence-electron chi connectivity index (χ1n) is 16.8. The molecule has 13 nitrogen and oxygen atoms in total. The molecule has 0 fully saturated rings. The van der Waals surface area contributed by atoms with Crippen LogP contribution in [0.1, 0.15) is 41.5 Å². The summed E-state index contributed by atoms with van der Waals surface area (Å²) in [4.78, 5) is 9.15. The van der Waals surface area contributed by atoms with E-state index in [1.54, 1.807) is 24.3 Å². The van der Waals surface area contributed by atoms with E-state index in [2.05, 4.69) is 68.5 Å². The van der Waals surface area contributed by atoms with Gasteiger partial charge in [0.15, 0.2) is 0 Å². The van der Waals surface area contributed by atoms with Crippen molar-refractivity contribution in [3.05, 3.63) is 90.3 Å². The highest BCUT2D eigenvalue weighted by atomic mass is 35.5. The zero-order valence-electron chi connectivity index (χ0n) is 32.0. The summed E-state index contributed by atoms with van der Waals surface area (Å²) in [5, 5.41) is 25.4. The summed E-state index contributed by atoms with van der Waals surface area (Å²) < 4.78 is 10.5. The van der Waals surface area contributed by atoms with Gasteiger partial charge < -0.3 is 57.9 Å². The number of halogens is 3. The number of nitrogens with zero attached hydrogens (tertiary/aromatic N) is 3. The fraction of sp³-hybridized carbons (Fsp3) is 0.368. The number of rotatable bonds is 13. The molecule has 0 aromatic heterocycles. The molecule has 1 aliphatic rings. The summed E-state index contributed by atoms with van der Waals surface area (Å²) in [6, 6.07) is 21.9. The van der Waals surface area contributed by atoms with Crippen molar-refractivity contribution in [1.82, 2.24) is 0 Å². The minimum absolute atomic E-state index is 0. The number of aliphatic hydroxyl groups excluding tert-OH is 2. The minimum atomic E-state index is -0.0974. The van der Waals surface area contributed by atoms with Crippen molar-refractivity contribution in [2.24, 2.45) is 10.7 Å². The molecule has 54 heavy (non-hydrogen) atoms. The first kappa shape index (κ1) is 54.0. The van der Waals surface area contributed by atoms with Gasteiger partial charge in [-0.1, -0.05) is 0 Å². The smallest absolute Gasteiger partial charge is 0.144 e. The quantitative estimate of drug-likeness (QED) is 0.0793. The molecule has 304 valence electrons. The molecule has 3 aromatic rings. The third-order valence-corrected chi connectivity index (χ3v) is 7.44. The summed E-state index contributed by atoms with van der Waals surface area (Å²) >= 11 is 0. The van der Waals surface area contributed by atoms with Crippen LogP contribution in [0.4, 0.5) is 34.1 Å². The molecule has 0 saturated carbocycles. The number of hydrogen-bond donors (Lipinski definition) is 7. The second-order valence-electron chi connectivity index (χ2n) is 11.8. The van der Waals surface area contributed by atoms with Crippen molar-refractivity contribution >= 4 is 82.8 Å². The number of ether oxygens (including phenoxy) is 2. The van der Waals surface area contributed by atoms with Crippen LogP contribution in [-0.4, -0.2) is 78.7 Å².